The number of unbranched alkanes of at least 4 members (excludes halogenated alkanes) is 20. The second-order valence-corrected chi connectivity index (χ2v) is 9.23. The summed E-state index contributed by atoms with van der Waals surface area (Å²) in [6.07, 6.45) is 33.3. The molecule has 1 atom stereocenters. The van der Waals surface area contributed by atoms with Crippen molar-refractivity contribution in [1.29, 1.82) is 0 Å². The highest BCUT2D eigenvalue weighted by Crippen LogP contribution is 2.16. The van der Waals surface area contributed by atoms with E-state index in [4.69, 9.17) is 0 Å². The Hall–Kier alpha value is 0. The van der Waals surface area contributed by atoms with Crippen LogP contribution in [0.15, 0.2) is 0 Å². The van der Waals surface area contributed by atoms with Gasteiger partial charge in [-0.2, -0.15) is 0 Å². The van der Waals surface area contributed by atoms with Gasteiger partial charge in [-0.25, -0.2) is 0 Å². The van der Waals surface area contributed by atoms with E-state index in [0.29, 0.717) is 0 Å². The molecule has 0 fully saturated rings. The lowest BCUT2D eigenvalue weighted by molar-refractivity contribution is 0.468. The molecule has 0 aliphatic carbocycles. The molecule has 0 heterocycles. The van der Waals surface area contributed by atoms with Gasteiger partial charge in [0, 0.05) is 0 Å². The topological polar surface area (TPSA) is 0 Å². The standard InChI is InChI=1S/C27H55/c1-4-6-7-8-9-10-11-12-13-14-15-16-17-18-19-20-21-22-23-24-25-26-27(3)5-2/h27H,1,4-26H2,2-3H3. The Kier molecular flexibility index (Phi) is 24.0. The maximum Gasteiger partial charge on any atom is -0.0445 e. The lowest BCUT2D eigenvalue weighted by Gasteiger charge is -2.07. The summed E-state index contributed by atoms with van der Waals surface area (Å²) in [5, 5.41) is 0. The molecule has 0 rings (SSSR count). The van der Waals surface area contributed by atoms with Crippen LogP contribution in [0.2, 0.25) is 0 Å². The Morgan fingerprint density at radius 2 is 0.704 bits per heavy atom. The zero-order chi connectivity index (χ0) is 19.8. The predicted octanol–water partition coefficient (Wildman–Crippen LogP) is 10.4. The average molecular weight is 380 g/mol. The lowest BCUT2D eigenvalue weighted by Crippen LogP contribution is -1.91. The minimum atomic E-state index is 0.948. The molecule has 0 saturated carbocycles. The molecule has 27 heavy (non-hydrogen) atoms. The molecule has 163 valence electrons. The highest BCUT2D eigenvalue weighted by molar-refractivity contribution is 4.53. The van der Waals surface area contributed by atoms with E-state index in [1.165, 1.54) is 141 Å². The van der Waals surface area contributed by atoms with Crippen LogP contribution >= 0.6 is 0 Å². The average Bonchev–Trinajstić information content (AvgIpc) is 2.68. The zero-order valence-corrected chi connectivity index (χ0v) is 19.5. The van der Waals surface area contributed by atoms with Crippen molar-refractivity contribution in [3.8, 4) is 0 Å². The van der Waals surface area contributed by atoms with Crippen LogP contribution in [-0.4, -0.2) is 0 Å². The Labute approximate surface area is 174 Å². The molecule has 0 nitrogen and oxygen atoms in total. The van der Waals surface area contributed by atoms with Crippen molar-refractivity contribution in [2.24, 2.45) is 5.92 Å². The first-order valence-corrected chi connectivity index (χ1v) is 13.1. The molecule has 0 heteroatoms. The van der Waals surface area contributed by atoms with E-state index < -0.39 is 0 Å². The van der Waals surface area contributed by atoms with Crippen LogP contribution in [0, 0.1) is 12.8 Å². The lowest BCUT2D eigenvalue weighted by atomic mass is 9.99. The molecule has 0 bridgehead atoms. The van der Waals surface area contributed by atoms with E-state index in [2.05, 4.69) is 20.8 Å². The third kappa shape index (κ3) is 24.0. The molecule has 0 aromatic rings. The summed E-state index contributed by atoms with van der Waals surface area (Å²) in [6, 6.07) is 0. The van der Waals surface area contributed by atoms with Crippen molar-refractivity contribution >= 4 is 0 Å². The van der Waals surface area contributed by atoms with E-state index in [1.54, 1.807) is 0 Å². The molecule has 0 aromatic carbocycles. The summed E-state index contributed by atoms with van der Waals surface area (Å²) in [6.45, 7) is 8.63. The van der Waals surface area contributed by atoms with Gasteiger partial charge in [0.15, 0.2) is 0 Å². The summed E-state index contributed by atoms with van der Waals surface area (Å²) in [5.74, 6) is 0.948. The summed E-state index contributed by atoms with van der Waals surface area (Å²) in [4.78, 5) is 0. The van der Waals surface area contributed by atoms with Crippen LogP contribution < -0.4 is 0 Å². The van der Waals surface area contributed by atoms with E-state index in [0.717, 1.165) is 12.3 Å². The third-order valence-corrected chi connectivity index (χ3v) is 6.39. The summed E-state index contributed by atoms with van der Waals surface area (Å²) in [5.41, 5.74) is 0. The smallest absolute Gasteiger partial charge is 0.0445 e. The molecule has 0 spiro atoms. The minimum absolute atomic E-state index is 0.948. The van der Waals surface area contributed by atoms with Crippen molar-refractivity contribution in [2.75, 3.05) is 0 Å². The fourth-order valence-electron chi connectivity index (χ4n) is 4.06. The Bertz CT molecular complexity index is 244. The van der Waals surface area contributed by atoms with Gasteiger partial charge >= 0.3 is 0 Å². The first-order valence-electron chi connectivity index (χ1n) is 13.1. The van der Waals surface area contributed by atoms with E-state index in [9.17, 15) is 0 Å². The first-order chi connectivity index (χ1) is 13.3. The van der Waals surface area contributed by atoms with E-state index in [1.807, 2.05) is 0 Å². The second-order valence-electron chi connectivity index (χ2n) is 9.23. The first kappa shape index (κ1) is 27.0. The van der Waals surface area contributed by atoms with Crippen molar-refractivity contribution in [3.63, 3.8) is 0 Å². The summed E-state index contributed by atoms with van der Waals surface area (Å²) < 4.78 is 0. The Morgan fingerprint density at radius 1 is 0.444 bits per heavy atom. The van der Waals surface area contributed by atoms with Crippen LogP contribution in [0.1, 0.15) is 162 Å². The van der Waals surface area contributed by atoms with Crippen LogP contribution in [0.5, 0.6) is 0 Å². The quantitative estimate of drug-likeness (QED) is 0.155. The van der Waals surface area contributed by atoms with Gasteiger partial charge < -0.3 is 0 Å². The van der Waals surface area contributed by atoms with Crippen LogP contribution in [0.4, 0.5) is 0 Å². The summed E-state index contributed by atoms with van der Waals surface area (Å²) in [7, 11) is 0. The molecule has 0 saturated heterocycles. The van der Waals surface area contributed by atoms with Crippen LogP contribution in [-0.2, 0) is 0 Å². The fraction of sp³-hybridized carbons (Fsp3) is 0.963. The van der Waals surface area contributed by atoms with Crippen molar-refractivity contribution in [3.05, 3.63) is 6.92 Å². The zero-order valence-electron chi connectivity index (χ0n) is 19.5. The highest BCUT2D eigenvalue weighted by atomic mass is 14.0. The molecule has 0 aliphatic heterocycles. The fourth-order valence-corrected chi connectivity index (χ4v) is 4.06. The predicted molar refractivity (Wildman–Crippen MR) is 126 cm³/mol. The monoisotopic (exact) mass is 379 g/mol. The van der Waals surface area contributed by atoms with Crippen molar-refractivity contribution < 1.29 is 0 Å². The maximum absolute atomic E-state index is 3.91. The minimum Gasteiger partial charge on any atom is -0.0651 e. The molecule has 0 amide bonds. The molecule has 0 aromatic heterocycles. The molecule has 1 unspecified atom stereocenters. The molecule has 0 aliphatic rings. The molecule has 1 radical (unpaired) electrons. The van der Waals surface area contributed by atoms with Crippen LogP contribution in [0.3, 0.4) is 0 Å². The SMILES string of the molecule is [CH2]CCCCCCCCCCCCCCCCCCCCCCC(C)CC. The van der Waals surface area contributed by atoms with Gasteiger partial charge in [0.1, 0.15) is 0 Å². The van der Waals surface area contributed by atoms with Gasteiger partial charge in [0.2, 0.25) is 0 Å². The van der Waals surface area contributed by atoms with Crippen molar-refractivity contribution in [2.45, 2.75) is 162 Å². The molecule has 0 N–H and O–H groups in total. The number of rotatable bonds is 23. The second kappa shape index (κ2) is 24.0. The number of hydrogen-bond donors (Lipinski definition) is 0. The largest absolute Gasteiger partial charge is 0.0651 e. The van der Waals surface area contributed by atoms with Gasteiger partial charge in [0.05, 0.1) is 0 Å². The molecular formula is C27H55. The van der Waals surface area contributed by atoms with E-state index >= 15 is 0 Å². The van der Waals surface area contributed by atoms with Crippen molar-refractivity contribution in [1.82, 2.24) is 0 Å². The number of hydrogen-bond acceptors (Lipinski definition) is 0. The van der Waals surface area contributed by atoms with E-state index in [-0.39, 0.29) is 0 Å². The summed E-state index contributed by atoms with van der Waals surface area (Å²) >= 11 is 0. The van der Waals surface area contributed by atoms with Gasteiger partial charge in [-0.1, -0.05) is 168 Å². The van der Waals surface area contributed by atoms with Gasteiger partial charge in [0.25, 0.3) is 0 Å². The molecular weight excluding hydrogens is 324 g/mol. The normalized spacial score (nSPS) is 12.6. The van der Waals surface area contributed by atoms with Crippen LogP contribution in [0.25, 0.3) is 0 Å². The van der Waals surface area contributed by atoms with Gasteiger partial charge in [-0.15, -0.1) is 0 Å². The van der Waals surface area contributed by atoms with Gasteiger partial charge in [-0.05, 0) is 5.92 Å². The third-order valence-electron chi connectivity index (χ3n) is 6.39. The maximum atomic E-state index is 3.91. The Balaban J connectivity index is 2.99. The Morgan fingerprint density at radius 3 is 0.963 bits per heavy atom. The van der Waals surface area contributed by atoms with Gasteiger partial charge in [-0.3, -0.25) is 0 Å². The highest BCUT2D eigenvalue weighted by Gasteiger charge is 1.98.